The lowest BCUT2D eigenvalue weighted by Crippen LogP contribution is -1.98. The predicted octanol–water partition coefficient (Wildman–Crippen LogP) is 4.92. The Morgan fingerprint density at radius 3 is 2.48 bits per heavy atom. The summed E-state index contributed by atoms with van der Waals surface area (Å²) in [6.45, 7) is 2.24. The van der Waals surface area contributed by atoms with Crippen LogP contribution < -0.4 is 4.74 Å². The standard InChI is InChI=1S/C14H11BrCl2O3S/c1-9-2-3-10(13(16)6-9)8-20-14-5-4-11(7-12(14)15)21(17,18)19/h2-7H,8H2,1H3. The van der Waals surface area contributed by atoms with E-state index in [0.29, 0.717) is 15.2 Å². The van der Waals surface area contributed by atoms with Crippen LogP contribution in [0.25, 0.3) is 0 Å². The highest BCUT2D eigenvalue weighted by molar-refractivity contribution is 9.10. The number of ether oxygens (including phenoxy) is 1. The molecule has 0 radical (unpaired) electrons. The minimum absolute atomic E-state index is 0.0109. The van der Waals surface area contributed by atoms with Gasteiger partial charge in [0.15, 0.2) is 0 Å². The van der Waals surface area contributed by atoms with Crippen LogP contribution in [-0.4, -0.2) is 8.42 Å². The zero-order chi connectivity index (χ0) is 15.6. The van der Waals surface area contributed by atoms with Crippen LogP contribution in [0.3, 0.4) is 0 Å². The van der Waals surface area contributed by atoms with E-state index in [9.17, 15) is 8.42 Å². The molecule has 2 rings (SSSR count). The van der Waals surface area contributed by atoms with Gasteiger partial charge in [-0.2, -0.15) is 0 Å². The number of aryl methyl sites for hydroxylation is 1. The Hall–Kier alpha value is -0.750. The van der Waals surface area contributed by atoms with Gasteiger partial charge in [-0.05, 0) is 52.7 Å². The molecule has 2 aromatic rings. The summed E-state index contributed by atoms with van der Waals surface area (Å²) < 4.78 is 28.6. The van der Waals surface area contributed by atoms with Gasteiger partial charge in [0.25, 0.3) is 9.05 Å². The van der Waals surface area contributed by atoms with Crippen LogP contribution in [-0.2, 0) is 15.7 Å². The van der Waals surface area contributed by atoms with E-state index < -0.39 is 9.05 Å². The zero-order valence-corrected chi connectivity index (χ0v) is 14.9. The molecule has 0 atom stereocenters. The van der Waals surface area contributed by atoms with E-state index in [0.717, 1.165) is 11.1 Å². The number of hydrogen-bond donors (Lipinski definition) is 0. The molecule has 0 saturated carbocycles. The Bertz CT molecular complexity index is 776. The van der Waals surface area contributed by atoms with Crippen molar-refractivity contribution in [3.05, 3.63) is 57.0 Å². The molecule has 0 unspecified atom stereocenters. The number of benzene rings is 2. The fourth-order valence-corrected chi connectivity index (χ4v) is 3.39. The van der Waals surface area contributed by atoms with E-state index >= 15 is 0 Å². The summed E-state index contributed by atoms with van der Waals surface area (Å²) in [5.41, 5.74) is 1.92. The Morgan fingerprint density at radius 1 is 1.19 bits per heavy atom. The van der Waals surface area contributed by atoms with Gasteiger partial charge in [-0.1, -0.05) is 23.7 Å². The smallest absolute Gasteiger partial charge is 0.261 e. The largest absolute Gasteiger partial charge is 0.488 e. The third-order valence-corrected chi connectivity index (χ3v) is 5.10. The summed E-state index contributed by atoms with van der Waals surface area (Å²) in [7, 11) is 1.53. The fourth-order valence-electron chi connectivity index (χ4n) is 1.68. The third-order valence-electron chi connectivity index (χ3n) is 2.78. The highest BCUT2D eigenvalue weighted by Gasteiger charge is 2.13. The minimum atomic E-state index is -3.76. The molecule has 21 heavy (non-hydrogen) atoms. The molecule has 2 aromatic carbocycles. The second kappa shape index (κ2) is 6.57. The van der Waals surface area contributed by atoms with Crippen molar-refractivity contribution in [2.45, 2.75) is 18.4 Å². The number of halogens is 3. The van der Waals surface area contributed by atoms with Crippen molar-refractivity contribution in [1.29, 1.82) is 0 Å². The summed E-state index contributed by atoms with van der Waals surface area (Å²) in [4.78, 5) is 0.0109. The Labute approximate surface area is 141 Å². The van der Waals surface area contributed by atoms with Gasteiger partial charge in [0.2, 0.25) is 0 Å². The molecule has 3 nitrogen and oxygen atoms in total. The Morgan fingerprint density at radius 2 is 1.90 bits per heavy atom. The fraction of sp³-hybridized carbons (Fsp3) is 0.143. The summed E-state index contributed by atoms with van der Waals surface area (Å²) >= 11 is 9.39. The van der Waals surface area contributed by atoms with Crippen LogP contribution in [0, 0.1) is 6.92 Å². The van der Waals surface area contributed by atoms with E-state index in [1.54, 1.807) is 6.07 Å². The highest BCUT2D eigenvalue weighted by Crippen LogP contribution is 2.30. The molecule has 0 saturated heterocycles. The van der Waals surface area contributed by atoms with Gasteiger partial charge in [0, 0.05) is 21.3 Å². The van der Waals surface area contributed by atoms with Gasteiger partial charge in [-0.25, -0.2) is 8.42 Å². The molecule has 0 amide bonds. The Kier molecular flexibility index (Phi) is 5.20. The summed E-state index contributed by atoms with van der Waals surface area (Å²) in [5, 5.41) is 0.631. The van der Waals surface area contributed by atoms with Crippen molar-refractivity contribution >= 4 is 47.3 Å². The first-order chi connectivity index (χ1) is 9.77. The predicted molar refractivity (Wildman–Crippen MR) is 87.7 cm³/mol. The van der Waals surface area contributed by atoms with Crippen molar-refractivity contribution in [3.8, 4) is 5.75 Å². The van der Waals surface area contributed by atoms with Gasteiger partial charge in [0.1, 0.15) is 12.4 Å². The van der Waals surface area contributed by atoms with Gasteiger partial charge in [-0.15, -0.1) is 0 Å². The third kappa shape index (κ3) is 4.36. The monoisotopic (exact) mass is 408 g/mol. The first kappa shape index (κ1) is 16.6. The van der Waals surface area contributed by atoms with Crippen molar-refractivity contribution in [3.63, 3.8) is 0 Å². The van der Waals surface area contributed by atoms with Crippen LogP contribution in [0.15, 0.2) is 45.8 Å². The molecule has 0 aliphatic rings. The molecular formula is C14H11BrCl2O3S. The minimum Gasteiger partial charge on any atom is -0.488 e. The summed E-state index contributed by atoms with van der Waals surface area (Å²) in [6, 6.07) is 10.0. The maximum absolute atomic E-state index is 11.2. The molecule has 0 fully saturated rings. The van der Waals surface area contributed by atoms with Crippen LogP contribution in [0.5, 0.6) is 5.75 Å². The van der Waals surface area contributed by atoms with Crippen molar-refractivity contribution in [2.24, 2.45) is 0 Å². The van der Waals surface area contributed by atoms with Crippen LogP contribution in [0.2, 0.25) is 5.02 Å². The summed E-state index contributed by atoms with van der Waals surface area (Å²) in [6.07, 6.45) is 0. The van der Waals surface area contributed by atoms with E-state index in [-0.39, 0.29) is 11.5 Å². The van der Waals surface area contributed by atoms with E-state index in [1.807, 2.05) is 25.1 Å². The van der Waals surface area contributed by atoms with Crippen LogP contribution in [0.1, 0.15) is 11.1 Å². The molecule has 0 N–H and O–H groups in total. The van der Waals surface area contributed by atoms with Gasteiger partial charge < -0.3 is 4.74 Å². The van der Waals surface area contributed by atoms with E-state index in [4.69, 9.17) is 27.0 Å². The molecule has 0 bridgehead atoms. The van der Waals surface area contributed by atoms with Crippen LogP contribution >= 0.6 is 38.2 Å². The highest BCUT2D eigenvalue weighted by atomic mass is 79.9. The Balaban J connectivity index is 2.17. The summed E-state index contributed by atoms with van der Waals surface area (Å²) in [5.74, 6) is 0.510. The lowest BCUT2D eigenvalue weighted by atomic mass is 10.2. The average molecular weight is 410 g/mol. The van der Waals surface area contributed by atoms with Gasteiger partial charge in [-0.3, -0.25) is 0 Å². The van der Waals surface area contributed by atoms with Gasteiger partial charge in [0.05, 0.1) is 9.37 Å². The van der Waals surface area contributed by atoms with E-state index in [2.05, 4.69) is 15.9 Å². The zero-order valence-electron chi connectivity index (χ0n) is 10.9. The molecule has 0 heterocycles. The molecule has 0 aliphatic heterocycles. The molecule has 0 aromatic heterocycles. The van der Waals surface area contributed by atoms with Crippen molar-refractivity contribution in [1.82, 2.24) is 0 Å². The molecule has 112 valence electrons. The lowest BCUT2D eigenvalue weighted by molar-refractivity contribution is 0.304. The first-order valence-corrected chi connectivity index (χ1v) is 9.37. The van der Waals surface area contributed by atoms with E-state index in [1.165, 1.54) is 12.1 Å². The second-order valence-corrected chi connectivity index (χ2v) is 8.24. The maximum Gasteiger partial charge on any atom is 0.261 e. The molecule has 0 spiro atoms. The molecular weight excluding hydrogens is 399 g/mol. The number of hydrogen-bond acceptors (Lipinski definition) is 3. The van der Waals surface area contributed by atoms with Crippen LogP contribution in [0.4, 0.5) is 0 Å². The molecule has 7 heteroatoms. The SMILES string of the molecule is Cc1ccc(COc2ccc(S(=O)(=O)Cl)cc2Br)c(Cl)c1. The normalized spacial score (nSPS) is 11.4. The second-order valence-electron chi connectivity index (χ2n) is 4.41. The average Bonchev–Trinajstić information content (AvgIpc) is 2.38. The number of rotatable bonds is 4. The molecule has 0 aliphatic carbocycles. The quantitative estimate of drug-likeness (QED) is 0.673. The van der Waals surface area contributed by atoms with Gasteiger partial charge >= 0.3 is 0 Å². The first-order valence-electron chi connectivity index (χ1n) is 5.89. The lowest BCUT2D eigenvalue weighted by Gasteiger charge is -2.10. The topological polar surface area (TPSA) is 43.4 Å². The maximum atomic E-state index is 11.2. The van der Waals surface area contributed by atoms with Crippen molar-refractivity contribution < 1.29 is 13.2 Å². The van der Waals surface area contributed by atoms with Crippen molar-refractivity contribution in [2.75, 3.05) is 0 Å².